The maximum absolute atomic E-state index is 11.3. The zero-order chi connectivity index (χ0) is 9.78. The van der Waals surface area contributed by atoms with Crippen molar-refractivity contribution in [2.45, 2.75) is 27.2 Å². The first kappa shape index (κ1) is 11.9. The molecular weight excluding hydrogens is 218 g/mol. The van der Waals surface area contributed by atoms with Gasteiger partial charge in [-0.05, 0) is 5.41 Å². The van der Waals surface area contributed by atoms with Crippen LogP contribution in [0.25, 0.3) is 0 Å². The summed E-state index contributed by atoms with van der Waals surface area (Å²) in [7, 11) is 1.86. The molecule has 0 aliphatic rings. The van der Waals surface area contributed by atoms with Crippen LogP contribution >= 0.6 is 15.9 Å². The lowest BCUT2D eigenvalue weighted by molar-refractivity contribution is -0.130. The predicted octanol–water partition coefficient (Wildman–Crippen LogP) is 2.28. The van der Waals surface area contributed by atoms with Crippen LogP contribution in [-0.2, 0) is 4.79 Å². The minimum absolute atomic E-state index is 0.191. The van der Waals surface area contributed by atoms with Crippen molar-refractivity contribution in [3.8, 4) is 0 Å². The van der Waals surface area contributed by atoms with Gasteiger partial charge in [0.1, 0.15) is 0 Å². The summed E-state index contributed by atoms with van der Waals surface area (Å²) in [4.78, 5) is 13.1. The van der Waals surface area contributed by atoms with Gasteiger partial charge in [0.25, 0.3) is 0 Å². The molecule has 0 aromatic rings. The van der Waals surface area contributed by atoms with Gasteiger partial charge in [-0.25, -0.2) is 0 Å². The maximum Gasteiger partial charge on any atom is 0.223 e. The second-order valence-corrected chi connectivity index (χ2v) is 5.04. The van der Waals surface area contributed by atoms with E-state index in [1.54, 1.807) is 4.90 Å². The number of carbonyl (C=O) groups is 1. The Balaban J connectivity index is 3.87. The Morgan fingerprint density at radius 3 is 2.25 bits per heavy atom. The molecule has 0 heterocycles. The molecule has 0 aliphatic heterocycles. The summed E-state index contributed by atoms with van der Waals surface area (Å²) < 4.78 is 0. The van der Waals surface area contributed by atoms with Crippen LogP contribution in [0.2, 0.25) is 0 Å². The van der Waals surface area contributed by atoms with Gasteiger partial charge in [0, 0.05) is 25.3 Å². The minimum Gasteiger partial charge on any atom is -0.345 e. The number of rotatable bonds is 3. The van der Waals surface area contributed by atoms with Crippen molar-refractivity contribution < 1.29 is 4.79 Å². The van der Waals surface area contributed by atoms with E-state index >= 15 is 0 Å². The highest BCUT2D eigenvalue weighted by Gasteiger charge is 2.16. The fourth-order valence-corrected chi connectivity index (χ4v) is 1.41. The number of carbonyl (C=O) groups excluding carboxylic acids is 1. The van der Waals surface area contributed by atoms with E-state index in [0.717, 1.165) is 11.9 Å². The van der Waals surface area contributed by atoms with E-state index in [1.807, 2.05) is 7.05 Å². The molecule has 0 unspecified atom stereocenters. The Bertz CT molecular complexity index is 151. The molecule has 0 aromatic heterocycles. The SMILES string of the molecule is CN(CC(C)(C)C)C(=O)CCBr. The number of hydrogen-bond donors (Lipinski definition) is 0. The van der Waals surface area contributed by atoms with E-state index < -0.39 is 0 Å². The summed E-state index contributed by atoms with van der Waals surface area (Å²) in [6.45, 7) is 7.21. The summed E-state index contributed by atoms with van der Waals surface area (Å²) in [5.74, 6) is 0.210. The first-order chi connectivity index (χ1) is 5.37. The number of halogens is 1. The van der Waals surface area contributed by atoms with Crippen LogP contribution in [0, 0.1) is 5.41 Å². The van der Waals surface area contributed by atoms with Gasteiger partial charge in [-0.3, -0.25) is 4.79 Å². The predicted molar refractivity (Wildman–Crippen MR) is 55.5 cm³/mol. The first-order valence-electron chi connectivity index (χ1n) is 4.17. The van der Waals surface area contributed by atoms with Gasteiger partial charge >= 0.3 is 0 Å². The van der Waals surface area contributed by atoms with E-state index in [2.05, 4.69) is 36.7 Å². The van der Waals surface area contributed by atoms with Gasteiger partial charge in [-0.2, -0.15) is 0 Å². The van der Waals surface area contributed by atoms with Crippen molar-refractivity contribution in [1.29, 1.82) is 0 Å². The van der Waals surface area contributed by atoms with Crippen LogP contribution in [0.5, 0.6) is 0 Å². The zero-order valence-corrected chi connectivity index (χ0v) is 9.94. The molecule has 2 nitrogen and oxygen atoms in total. The molecule has 0 radical (unpaired) electrons. The lowest BCUT2D eigenvalue weighted by Gasteiger charge is -2.26. The first-order valence-corrected chi connectivity index (χ1v) is 5.29. The highest BCUT2D eigenvalue weighted by Crippen LogP contribution is 2.14. The van der Waals surface area contributed by atoms with Crippen LogP contribution in [-0.4, -0.2) is 29.7 Å². The molecule has 0 saturated heterocycles. The second-order valence-electron chi connectivity index (χ2n) is 4.25. The van der Waals surface area contributed by atoms with Crippen molar-refractivity contribution in [2.75, 3.05) is 18.9 Å². The maximum atomic E-state index is 11.3. The van der Waals surface area contributed by atoms with E-state index in [4.69, 9.17) is 0 Å². The van der Waals surface area contributed by atoms with Gasteiger partial charge in [0.15, 0.2) is 0 Å². The molecule has 0 saturated carbocycles. The summed E-state index contributed by atoms with van der Waals surface area (Å²) in [5.41, 5.74) is 0.191. The van der Waals surface area contributed by atoms with E-state index in [9.17, 15) is 4.79 Å². The lowest BCUT2D eigenvalue weighted by Crippen LogP contribution is -2.34. The molecule has 0 aliphatic carbocycles. The van der Waals surface area contributed by atoms with Crippen LogP contribution in [0.1, 0.15) is 27.2 Å². The molecule has 1 amide bonds. The number of hydrogen-bond acceptors (Lipinski definition) is 1. The van der Waals surface area contributed by atoms with Crippen molar-refractivity contribution in [1.82, 2.24) is 4.90 Å². The smallest absolute Gasteiger partial charge is 0.223 e. The van der Waals surface area contributed by atoms with Crippen LogP contribution in [0.15, 0.2) is 0 Å². The van der Waals surface area contributed by atoms with Crippen LogP contribution in [0.3, 0.4) is 0 Å². The molecule has 0 aromatic carbocycles. The van der Waals surface area contributed by atoms with Gasteiger partial charge < -0.3 is 4.90 Å². The average molecular weight is 236 g/mol. The van der Waals surface area contributed by atoms with Gasteiger partial charge in [0.2, 0.25) is 5.91 Å². The van der Waals surface area contributed by atoms with Gasteiger partial charge in [-0.1, -0.05) is 36.7 Å². The number of nitrogens with zero attached hydrogens (tertiary/aromatic N) is 1. The fraction of sp³-hybridized carbons (Fsp3) is 0.889. The molecule has 0 atom stereocenters. The van der Waals surface area contributed by atoms with Crippen LogP contribution < -0.4 is 0 Å². The Morgan fingerprint density at radius 2 is 1.92 bits per heavy atom. The quantitative estimate of drug-likeness (QED) is 0.688. The average Bonchev–Trinajstić information content (AvgIpc) is 1.84. The third-order valence-corrected chi connectivity index (χ3v) is 1.84. The van der Waals surface area contributed by atoms with Crippen molar-refractivity contribution in [3.63, 3.8) is 0 Å². The van der Waals surface area contributed by atoms with Crippen molar-refractivity contribution >= 4 is 21.8 Å². The van der Waals surface area contributed by atoms with Crippen molar-refractivity contribution in [3.05, 3.63) is 0 Å². The molecule has 0 rings (SSSR count). The summed E-state index contributed by atoms with van der Waals surface area (Å²) >= 11 is 3.25. The third kappa shape index (κ3) is 5.58. The fourth-order valence-electron chi connectivity index (χ4n) is 1.07. The molecule has 0 N–H and O–H groups in total. The Hall–Kier alpha value is -0.0500. The Morgan fingerprint density at radius 1 is 1.42 bits per heavy atom. The topological polar surface area (TPSA) is 20.3 Å². The minimum atomic E-state index is 0.191. The molecule has 3 heteroatoms. The molecule has 0 bridgehead atoms. The van der Waals surface area contributed by atoms with Crippen LogP contribution in [0.4, 0.5) is 0 Å². The Kier molecular flexibility index (Phi) is 4.83. The monoisotopic (exact) mass is 235 g/mol. The number of amides is 1. The molecule has 12 heavy (non-hydrogen) atoms. The van der Waals surface area contributed by atoms with Crippen molar-refractivity contribution in [2.24, 2.45) is 5.41 Å². The number of alkyl halides is 1. The molecule has 72 valence electrons. The summed E-state index contributed by atoms with van der Waals surface area (Å²) in [5, 5.41) is 0.750. The Labute approximate surface area is 83.4 Å². The molecule has 0 spiro atoms. The molecule has 0 fully saturated rings. The highest BCUT2D eigenvalue weighted by molar-refractivity contribution is 9.09. The van der Waals surface area contributed by atoms with Gasteiger partial charge in [0.05, 0.1) is 0 Å². The molecular formula is C9H18BrNO. The second kappa shape index (κ2) is 4.85. The highest BCUT2D eigenvalue weighted by atomic mass is 79.9. The summed E-state index contributed by atoms with van der Waals surface area (Å²) in [6.07, 6.45) is 0.590. The lowest BCUT2D eigenvalue weighted by atomic mass is 9.96. The third-order valence-electron chi connectivity index (χ3n) is 1.45. The van der Waals surface area contributed by atoms with E-state index in [-0.39, 0.29) is 11.3 Å². The van der Waals surface area contributed by atoms with E-state index in [0.29, 0.717) is 6.42 Å². The van der Waals surface area contributed by atoms with Gasteiger partial charge in [-0.15, -0.1) is 0 Å². The standard InChI is InChI=1S/C9H18BrNO/c1-9(2,3)7-11(4)8(12)5-6-10/h5-7H2,1-4H3. The largest absolute Gasteiger partial charge is 0.345 e. The normalized spacial score (nSPS) is 11.4. The zero-order valence-electron chi connectivity index (χ0n) is 8.35. The summed E-state index contributed by atoms with van der Waals surface area (Å²) in [6, 6.07) is 0. The van der Waals surface area contributed by atoms with E-state index in [1.165, 1.54) is 0 Å².